The average Bonchev–Trinajstić information content (AvgIpc) is 3.22. The van der Waals surface area contributed by atoms with E-state index in [9.17, 15) is 5.11 Å². The Labute approximate surface area is 131 Å². The van der Waals surface area contributed by atoms with Crippen molar-refractivity contribution in [2.45, 2.75) is 77.3 Å². The SMILES string of the molecule is CCC(C)CN(CC)CCC1CCCC1(CO)NC1CC1. The first kappa shape index (κ1) is 17.2. The molecule has 0 saturated heterocycles. The Bertz CT molecular complexity index is 306. The monoisotopic (exact) mass is 296 g/mol. The van der Waals surface area contributed by atoms with Crippen molar-refractivity contribution < 1.29 is 5.11 Å². The van der Waals surface area contributed by atoms with Gasteiger partial charge in [-0.25, -0.2) is 0 Å². The first-order valence-corrected chi connectivity index (χ1v) is 9.24. The minimum Gasteiger partial charge on any atom is -0.394 e. The van der Waals surface area contributed by atoms with Crippen LogP contribution in [0.2, 0.25) is 0 Å². The van der Waals surface area contributed by atoms with Gasteiger partial charge >= 0.3 is 0 Å². The second kappa shape index (κ2) is 7.94. The molecule has 2 saturated carbocycles. The lowest BCUT2D eigenvalue weighted by Crippen LogP contribution is -2.53. The van der Waals surface area contributed by atoms with Crippen LogP contribution in [0.5, 0.6) is 0 Å². The third kappa shape index (κ3) is 4.67. The van der Waals surface area contributed by atoms with Gasteiger partial charge in [-0.3, -0.25) is 0 Å². The van der Waals surface area contributed by atoms with Crippen molar-refractivity contribution in [2.24, 2.45) is 11.8 Å². The standard InChI is InChI=1S/C18H36N2O/c1-4-15(3)13-20(5-2)12-10-16-7-6-11-18(16,14-21)19-17-8-9-17/h15-17,19,21H,4-14H2,1-3H3. The van der Waals surface area contributed by atoms with Gasteiger partial charge in [0.15, 0.2) is 0 Å². The lowest BCUT2D eigenvalue weighted by atomic mass is 9.85. The molecule has 0 spiro atoms. The van der Waals surface area contributed by atoms with Crippen LogP contribution < -0.4 is 5.32 Å². The van der Waals surface area contributed by atoms with E-state index in [1.54, 1.807) is 0 Å². The minimum atomic E-state index is 0.0386. The Morgan fingerprint density at radius 2 is 2.05 bits per heavy atom. The molecule has 124 valence electrons. The van der Waals surface area contributed by atoms with Crippen LogP contribution in [0.4, 0.5) is 0 Å². The second-order valence-corrected chi connectivity index (χ2v) is 7.52. The number of nitrogens with zero attached hydrogens (tertiary/aromatic N) is 1. The van der Waals surface area contributed by atoms with Gasteiger partial charge < -0.3 is 15.3 Å². The van der Waals surface area contributed by atoms with Crippen molar-refractivity contribution in [3.05, 3.63) is 0 Å². The molecule has 2 rings (SSSR count). The van der Waals surface area contributed by atoms with Crippen molar-refractivity contribution in [1.82, 2.24) is 10.2 Å². The van der Waals surface area contributed by atoms with E-state index >= 15 is 0 Å². The highest BCUT2D eigenvalue weighted by molar-refractivity contribution is 5.03. The molecule has 2 aliphatic rings. The fourth-order valence-electron chi connectivity index (χ4n) is 3.93. The summed E-state index contributed by atoms with van der Waals surface area (Å²) in [5.74, 6) is 1.45. The maximum atomic E-state index is 9.99. The molecule has 3 atom stereocenters. The molecule has 0 aromatic rings. The molecule has 0 amide bonds. The first-order chi connectivity index (χ1) is 10.1. The smallest absolute Gasteiger partial charge is 0.0616 e. The van der Waals surface area contributed by atoms with Crippen molar-refractivity contribution in [3.8, 4) is 0 Å². The van der Waals surface area contributed by atoms with Crippen molar-refractivity contribution in [3.63, 3.8) is 0 Å². The van der Waals surface area contributed by atoms with Gasteiger partial charge in [0.1, 0.15) is 0 Å². The van der Waals surface area contributed by atoms with Gasteiger partial charge in [0.25, 0.3) is 0 Å². The molecule has 0 bridgehead atoms. The topological polar surface area (TPSA) is 35.5 Å². The Morgan fingerprint density at radius 1 is 1.29 bits per heavy atom. The number of aliphatic hydroxyl groups excluding tert-OH is 1. The summed E-state index contributed by atoms with van der Waals surface area (Å²) in [6.07, 6.45) is 8.87. The zero-order valence-corrected chi connectivity index (χ0v) is 14.4. The summed E-state index contributed by atoms with van der Waals surface area (Å²) in [5, 5.41) is 13.8. The van der Waals surface area contributed by atoms with Crippen LogP contribution in [0.15, 0.2) is 0 Å². The Kier molecular flexibility index (Phi) is 6.51. The zero-order valence-electron chi connectivity index (χ0n) is 14.4. The van der Waals surface area contributed by atoms with E-state index in [-0.39, 0.29) is 5.54 Å². The molecule has 0 radical (unpaired) electrons. The average molecular weight is 296 g/mol. The molecule has 3 unspecified atom stereocenters. The highest BCUT2D eigenvalue weighted by Crippen LogP contribution is 2.40. The van der Waals surface area contributed by atoms with E-state index in [1.165, 1.54) is 58.0 Å². The van der Waals surface area contributed by atoms with Gasteiger partial charge in [0, 0.05) is 18.1 Å². The zero-order chi connectivity index (χ0) is 15.3. The summed E-state index contributed by atoms with van der Waals surface area (Å²) < 4.78 is 0. The van der Waals surface area contributed by atoms with E-state index in [1.807, 2.05) is 0 Å². The van der Waals surface area contributed by atoms with Gasteiger partial charge in [-0.1, -0.05) is 33.6 Å². The van der Waals surface area contributed by atoms with Crippen LogP contribution in [-0.4, -0.2) is 47.8 Å². The number of rotatable bonds is 10. The highest BCUT2D eigenvalue weighted by atomic mass is 16.3. The maximum absolute atomic E-state index is 9.99. The molecule has 0 heterocycles. The van der Waals surface area contributed by atoms with Gasteiger partial charge in [-0.15, -0.1) is 0 Å². The van der Waals surface area contributed by atoms with E-state index in [2.05, 4.69) is 31.0 Å². The van der Waals surface area contributed by atoms with Crippen LogP contribution in [0.1, 0.15) is 65.7 Å². The summed E-state index contributed by atoms with van der Waals surface area (Å²) >= 11 is 0. The normalized spacial score (nSPS) is 31.0. The van der Waals surface area contributed by atoms with Crippen molar-refractivity contribution in [2.75, 3.05) is 26.2 Å². The lowest BCUT2D eigenvalue weighted by Gasteiger charge is -2.36. The molecule has 0 aliphatic heterocycles. The molecule has 2 aliphatic carbocycles. The van der Waals surface area contributed by atoms with Gasteiger partial charge in [0.2, 0.25) is 0 Å². The maximum Gasteiger partial charge on any atom is 0.0616 e. The van der Waals surface area contributed by atoms with E-state index in [4.69, 9.17) is 0 Å². The van der Waals surface area contributed by atoms with Crippen molar-refractivity contribution >= 4 is 0 Å². The summed E-state index contributed by atoms with van der Waals surface area (Å²) in [5.41, 5.74) is 0.0386. The molecule has 3 nitrogen and oxygen atoms in total. The molecular formula is C18H36N2O. The lowest BCUT2D eigenvalue weighted by molar-refractivity contribution is 0.108. The number of nitrogens with one attached hydrogen (secondary N) is 1. The van der Waals surface area contributed by atoms with E-state index in [0.717, 1.165) is 12.5 Å². The van der Waals surface area contributed by atoms with Crippen LogP contribution in [0, 0.1) is 11.8 Å². The predicted octanol–water partition coefficient (Wildman–Crippen LogP) is 3.03. The van der Waals surface area contributed by atoms with E-state index < -0.39 is 0 Å². The summed E-state index contributed by atoms with van der Waals surface area (Å²) in [7, 11) is 0. The number of hydrogen-bond acceptors (Lipinski definition) is 3. The van der Waals surface area contributed by atoms with Crippen molar-refractivity contribution in [1.29, 1.82) is 0 Å². The molecular weight excluding hydrogens is 260 g/mol. The summed E-state index contributed by atoms with van der Waals surface area (Å²) in [6, 6.07) is 0.695. The molecule has 0 aromatic heterocycles. The van der Waals surface area contributed by atoms with Gasteiger partial charge in [0.05, 0.1) is 6.61 Å². The fourth-order valence-corrected chi connectivity index (χ4v) is 3.93. The first-order valence-electron chi connectivity index (χ1n) is 9.24. The third-order valence-electron chi connectivity index (χ3n) is 5.82. The molecule has 0 aromatic carbocycles. The van der Waals surface area contributed by atoms with Gasteiger partial charge in [-0.2, -0.15) is 0 Å². The Morgan fingerprint density at radius 3 is 2.62 bits per heavy atom. The van der Waals surface area contributed by atoms with Crippen LogP contribution in [0.25, 0.3) is 0 Å². The van der Waals surface area contributed by atoms with Gasteiger partial charge in [-0.05, 0) is 57.0 Å². The molecule has 2 fully saturated rings. The van der Waals surface area contributed by atoms with Crippen LogP contribution in [0.3, 0.4) is 0 Å². The minimum absolute atomic E-state index is 0.0386. The number of aliphatic hydroxyl groups is 1. The van der Waals surface area contributed by atoms with E-state index in [0.29, 0.717) is 18.6 Å². The predicted molar refractivity (Wildman–Crippen MR) is 89.5 cm³/mol. The van der Waals surface area contributed by atoms with Crippen LogP contribution >= 0.6 is 0 Å². The second-order valence-electron chi connectivity index (χ2n) is 7.52. The molecule has 3 heteroatoms. The van der Waals surface area contributed by atoms with Crippen LogP contribution in [-0.2, 0) is 0 Å². The third-order valence-corrected chi connectivity index (χ3v) is 5.82. The largest absolute Gasteiger partial charge is 0.394 e. The molecule has 21 heavy (non-hydrogen) atoms. The fraction of sp³-hybridized carbons (Fsp3) is 1.00. The Balaban J connectivity index is 1.84. The molecule has 2 N–H and O–H groups in total. The summed E-state index contributed by atoms with van der Waals surface area (Å²) in [6.45, 7) is 10.8. The number of hydrogen-bond donors (Lipinski definition) is 2. The Hall–Kier alpha value is -0.120. The highest BCUT2D eigenvalue weighted by Gasteiger charge is 2.44. The summed E-state index contributed by atoms with van der Waals surface area (Å²) in [4.78, 5) is 2.60. The quantitative estimate of drug-likeness (QED) is 0.650.